The first kappa shape index (κ1) is 13.8. The van der Waals surface area contributed by atoms with E-state index in [4.69, 9.17) is 0 Å². The average molecular weight is 263 g/mol. The summed E-state index contributed by atoms with van der Waals surface area (Å²) in [7, 11) is 0. The Labute approximate surface area is 113 Å². The molecule has 2 rings (SSSR count). The molecule has 1 aromatic heterocycles. The molecular weight excluding hydrogens is 242 g/mol. The summed E-state index contributed by atoms with van der Waals surface area (Å²) in [6.45, 7) is 7.21. The predicted octanol–water partition coefficient (Wildman–Crippen LogP) is 3.31. The van der Waals surface area contributed by atoms with Crippen molar-refractivity contribution >= 4 is 11.5 Å². The molecule has 5 heteroatoms. The quantitative estimate of drug-likeness (QED) is 0.606. The Hall–Kier alpha value is -1.65. The van der Waals surface area contributed by atoms with Crippen molar-refractivity contribution in [3.8, 4) is 0 Å². The summed E-state index contributed by atoms with van der Waals surface area (Å²) in [4.78, 5) is 17.0. The fourth-order valence-corrected chi connectivity index (χ4v) is 2.73. The summed E-state index contributed by atoms with van der Waals surface area (Å²) in [5, 5.41) is 10.8. The molecule has 1 fully saturated rings. The van der Waals surface area contributed by atoms with Crippen molar-refractivity contribution in [2.24, 2.45) is 5.92 Å². The van der Waals surface area contributed by atoms with Gasteiger partial charge in [-0.2, -0.15) is 0 Å². The Bertz CT molecular complexity index is 476. The molecule has 0 saturated carbocycles. The van der Waals surface area contributed by atoms with E-state index >= 15 is 0 Å². The summed E-state index contributed by atoms with van der Waals surface area (Å²) in [6, 6.07) is 2.28. The van der Waals surface area contributed by atoms with Gasteiger partial charge in [-0.25, -0.2) is 4.98 Å². The van der Waals surface area contributed by atoms with Crippen molar-refractivity contribution < 1.29 is 4.92 Å². The van der Waals surface area contributed by atoms with E-state index in [2.05, 4.69) is 23.7 Å². The van der Waals surface area contributed by atoms with E-state index in [1.165, 1.54) is 19.0 Å². The lowest BCUT2D eigenvalue weighted by atomic mass is 10.1. The molecule has 1 aliphatic heterocycles. The van der Waals surface area contributed by atoms with E-state index in [9.17, 15) is 10.1 Å². The van der Waals surface area contributed by atoms with Crippen LogP contribution in [-0.4, -0.2) is 22.5 Å². The third-order valence-electron chi connectivity index (χ3n) is 3.92. The van der Waals surface area contributed by atoms with Gasteiger partial charge in [-0.05, 0) is 38.7 Å². The number of aryl methyl sites for hydroxylation is 1. The Morgan fingerprint density at radius 3 is 2.79 bits per heavy atom. The number of anilines is 1. The molecule has 0 spiro atoms. The number of hydrogen-bond donors (Lipinski definition) is 0. The highest BCUT2D eigenvalue weighted by Gasteiger charge is 2.23. The number of hydrogen-bond acceptors (Lipinski definition) is 4. The molecule has 0 amide bonds. The van der Waals surface area contributed by atoms with Gasteiger partial charge in [-0.1, -0.05) is 13.3 Å². The second-order valence-electron chi connectivity index (χ2n) is 5.62. The maximum absolute atomic E-state index is 10.8. The SMILES string of the molecule is Cc1cc(N2CC(C)CCCC2C)ncc1[N+](=O)[O-]. The fourth-order valence-electron chi connectivity index (χ4n) is 2.73. The van der Waals surface area contributed by atoms with E-state index in [1.807, 2.05) is 6.07 Å². The molecule has 0 radical (unpaired) electrons. The Balaban J connectivity index is 2.29. The standard InChI is InChI=1S/C14H21N3O2/c1-10-5-4-6-12(3)16(9-10)14-7-11(2)13(8-15-14)17(18)19/h7-8,10,12H,4-6,9H2,1-3H3. The number of nitrogens with zero attached hydrogens (tertiary/aromatic N) is 3. The van der Waals surface area contributed by atoms with Crippen molar-refractivity contribution in [2.45, 2.75) is 46.1 Å². The fraction of sp³-hybridized carbons (Fsp3) is 0.643. The summed E-state index contributed by atoms with van der Waals surface area (Å²) in [5.74, 6) is 1.51. The van der Waals surface area contributed by atoms with Gasteiger partial charge < -0.3 is 4.90 Å². The maximum Gasteiger partial charge on any atom is 0.290 e. The molecule has 2 atom stereocenters. The van der Waals surface area contributed by atoms with E-state index in [-0.39, 0.29) is 10.6 Å². The molecule has 0 aromatic carbocycles. The van der Waals surface area contributed by atoms with Gasteiger partial charge in [0.2, 0.25) is 0 Å². The molecule has 1 aliphatic rings. The lowest BCUT2D eigenvalue weighted by Crippen LogP contribution is -2.35. The average Bonchev–Trinajstić information content (AvgIpc) is 2.50. The van der Waals surface area contributed by atoms with Gasteiger partial charge in [-0.3, -0.25) is 10.1 Å². The van der Waals surface area contributed by atoms with Gasteiger partial charge in [0.15, 0.2) is 0 Å². The van der Waals surface area contributed by atoms with Crippen LogP contribution >= 0.6 is 0 Å². The van der Waals surface area contributed by atoms with Crippen LogP contribution in [0.4, 0.5) is 11.5 Å². The molecule has 1 aromatic rings. The van der Waals surface area contributed by atoms with Crippen LogP contribution in [0, 0.1) is 23.0 Å². The molecular formula is C14H21N3O2. The van der Waals surface area contributed by atoms with Crippen molar-refractivity contribution in [3.05, 3.63) is 27.9 Å². The highest BCUT2D eigenvalue weighted by molar-refractivity contribution is 5.49. The first-order valence-electron chi connectivity index (χ1n) is 6.86. The van der Waals surface area contributed by atoms with Gasteiger partial charge in [0, 0.05) is 18.2 Å². The third kappa shape index (κ3) is 3.03. The Kier molecular flexibility index (Phi) is 4.02. The van der Waals surface area contributed by atoms with Crippen molar-refractivity contribution in [1.82, 2.24) is 4.98 Å². The highest BCUT2D eigenvalue weighted by Crippen LogP contribution is 2.27. The maximum atomic E-state index is 10.8. The zero-order valence-corrected chi connectivity index (χ0v) is 11.8. The van der Waals surface area contributed by atoms with Gasteiger partial charge in [-0.15, -0.1) is 0 Å². The number of aromatic nitrogens is 1. The first-order valence-corrected chi connectivity index (χ1v) is 6.86. The number of nitro groups is 1. The minimum absolute atomic E-state index is 0.0965. The minimum atomic E-state index is -0.374. The van der Waals surface area contributed by atoms with Crippen molar-refractivity contribution in [1.29, 1.82) is 0 Å². The summed E-state index contributed by atoms with van der Waals surface area (Å²) in [5.41, 5.74) is 0.776. The van der Waals surface area contributed by atoms with Crippen LogP contribution in [0.15, 0.2) is 12.3 Å². The highest BCUT2D eigenvalue weighted by atomic mass is 16.6. The molecule has 0 aliphatic carbocycles. The Morgan fingerprint density at radius 1 is 1.42 bits per heavy atom. The molecule has 5 nitrogen and oxygen atoms in total. The summed E-state index contributed by atoms with van der Waals surface area (Å²) < 4.78 is 0. The number of rotatable bonds is 2. The van der Waals surface area contributed by atoms with E-state index in [0.717, 1.165) is 18.8 Å². The molecule has 2 unspecified atom stereocenters. The van der Waals surface area contributed by atoms with Crippen LogP contribution in [-0.2, 0) is 0 Å². The summed E-state index contributed by atoms with van der Waals surface area (Å²) in [6.07, 6.45) is 5.02. The van der Waals surface area contributed by atoms with Gasteiger partial charge >= 0.3 is 0 Å². The smallest absolute Gasteiger partial charge is 0.290 e. The van der Waals surface area contributed by atoms with Gasteiger partial charge in [0.25, 0.3) is 5.69 Å². The predicted molar refractivity (Wildman–Crippen MR) is 75.5 cm³/mol. The molecule has 0 bridgehead atoms. The molecule has 1 saturated heterocycles. The molecule has 19 heavy (non-hydrogen) atoms. The van der Waals surface area contributed by atoms with Crippen LogP contribution in [0.1, 0.15) is 38.7 Å². The van der Waals surface area contributed by atoms with Crippen LogP contribution in [0.25, 0.3) is 0 Å². The second-order valence-corrected chi connectivity index (χ2v) is 5.62. The molecule has 104 valence electrons. The van der Waals surface area contributed by atoms with Gasteiger partial charge in [0.05, 0.1) is 4.92 Å². The lowest BCUT2D eigenvalue weighted by molar-refractivity contribution is -0.385. The van der Waals surface area contributed by atoms with Crippen molar-refractivity contribution in [2.75, 3.05) is 11.4 Å². The van der Waals surface area contributed by atoms with E-state index in [1.54, 1.807) is 6.92 Å². The zero-order chi connectivity index (χ0) is 14.0. The second kappa shape index (κ2) is 5.55. The minimum Gasteiger partial charge on any atom is -0.354 e. The topological polar surface area (TPSA) is 59.3 Å². The van der Waals surface area contributed by atoms with Crippen LogP contribution in [0.3, 0.4) is 0 Å². The van der Waals surface area contributed by atoms with E-state index in [0.29, 0.717) is 17.5 Å². The molecule has 2 heterocycles. The Morgan fingerprint density at radius 2 is 2.16 bits per heavy atom. The normalized spacial score (nSPS) is 24.1. The van der Waals surface area contributed by atoms with Crippen LogP contribution in [0.5, 0.6) is 0 Å². The third-order valence-corrected chi connectivity index (χ3v) is 3.92. The van der Waals surface area contributed by atoms with E-state index < -0.39 is 0 Å². The summed E-state index contributed by atoms with van der Waals surface area (Å²) >= 11 is 0. The van der Waals surface area contributed by atoms with Crippen LogP contribution < -0.4 is 4.90 Å². The first-order chi connectivity index (χ1) is 8.99. The molecule has 0 N–H and O–H groups in total. The zero-order valence-electron chi connectivity index (χ0n) is 11.8. The van der Waals surface area contributed by atoms with Crippen LogP contribution in [0.2, 0.25) is 0 Å². The lowest BCUT2D eigenvalue weighted by Gasteiger charge is -2.29. The monoisotopic (exact) mass is 263 g/mol. The largest absolute Gasteiger partial charge is 0.354 e. The van der Waals surface area contributed by atoms with Gasteiger partial charge in [0.1, 0.15) is 12.0 Å². The number of pyridine rings is 1. The van der Waals surface area contributed by atoms with Crippen molar-refractivity contribution in [3.63, 3.8) is 0 Å².